The average Bonchev–Trinajstić information content (AvgIpc) is 2.14. The Hall–Kier alpha value is 0.476. The van der Waals surface area contributed by atoms with Gasteiger partial charge >= 0.3 is 29.1 Å². The van der Waals surface area contributed by atoms with Crippen molar-refractivity contribution < 1.29 is 31.6 Å². The summed E-state index contributed by atoms with van der Waals surface area (Å²) < 4.78 is 5.34. The van der Waals surface area contributed by atoms with Crippen molar-refractivity contribution in [2.75, 3.05) is 13.1 Å². The second-order valence-corrected chi connectivity index (χ2v) is 6.42. The first-order valence-electron chi connectivity index (χ1n) is 6.30. The van der Waals surface area contributed by atoms with Crippen LogP contribution in [0.15, 0.2) is 0 Å². The quantitative estimate of drug-likeness (QED) is 0.504. The van der Waals surface area contributed by atoms with E-state index in [4.69, 9.17) is 4.74 Å². The molecule has 1 aliphatic heterocycles. The fourth-order valence-electron chi connectivity index (χ4n) is 2.05. The Morgan fingerprint density at radius 2 is 1.75 bits per heavy atom. The van der Waals surface area contributed by atoms with Crippen LogP contribution in [0.4, 0.5) is 4.79 Å². The molecule has 116 valence electrons. The van der Waals surface area contributed by atoms with Gasteiger partial charge in [-0.05, 0) is 47.5 Å². The molecule has 0 spiro atoms. The van der Waals surface area contributed by atoms with E-state index in [9.17, 15) is 9.90 Å². The third kappa shape index (κ3) is 8.69. The van der Waals surface area contributed by atoms with Crippen LogP contribution in [0.25, 0.3) is 0 Å². The Bertz CT molecular complexity index is 287. The number of likely N-dealkylation sites (tertiary alicyclic amines) is 1. The van der Waals surface area contributed by atoms with Gasteiger partial charge in [-0.1, -0.05) is 0 Å². The number of carbonyl (C=O) groups excluding carboxylic acids is 1. The number of amides is 1. The van der Waals surface area contributed by atoms with Gasteiger partial charge in [-0.15, -0.1) is 0 Å². The van der Waals surface area contributed by atoms with Gasteiger partial charge in [-0.25, -0.2) is 4.79 Å². The summed E-state index contributed by atoms with van der Waals surface area (Å²) in [7, 11) is 0. The minimum Gasteiger partial charge on any atom is -1.00 e. The van der Waals surface area contributed by atoms with Crippen molar-refractivity contribution in [3.05, 3.63) is 7.43 Å². The Morgan fingerprint density at radius 3 is 2.15 bits per heavy atom. The van der Waals surface area contributed by atoms with Crippen molar-refractivity contribution in [1.82, 2.24) is 4.90 Å². The molecule has 20 heavy (non-hydrogen) atoms. The van der Waals surface area contributed by atoms with Crippen LogP contribution in [-0.4, -0.2) is 63.4 Å². The van der Waals surface area contributed by atoms with Crippen LogP contribution >= 0.6 is 0 Å². The zero-order chi connectivity index (χ0) is 13.3. The van der Waals surface area contributed by atoms with Crippen molar-refractivity contribution >= 4 is 29.1 Å². The van der Waals surface area contributed by atoms with Gasteiger partial charge in [0, 0.05) is 19.0 Å². The summed E-state index contributed by atoms with van der Waals surface area (Å²) >= 11 is 0. The van der Waals surface area contributed by atoms with Gasteiger partial charge in [0.25, 0.3) is 0 Å². The first kappa shape index (κ1) is 25.4. The first-order chi connectivity index (χ1) is 7.59. The topological polar surface area (TPSA) is 49.8 Å². The summed E-state index contributed by atoms with van der Waals surface area (Å²) in [6, 6.07) is 0. The van der Waals surface area contributed by atoms with Crippen molar-refractivity contribution in [3.8, 4) is 0 Å². The molecule has 1 unspecified atom stereocenters. The van der Waals surface area contributed by atoms with Crippen molar-refractivity contribution in [1.29, 1.82) is 0 Å². The zero-order valence-electron chi connectivity index (χ0n) is 13.7. The Morgan fingerprint density at radius 1 is 1.25 bits per heavy atom. The van der Waals surface area contributed by atoms with Crippen LogP contribution in [-0.2, 0) is 4.74 Å². The monoisotopic (exact) mass is 361 g/mol. The number of ether oxygens (including phenoxy) is 1. The summed E-state index contributed by atoms with van der Waals surface area (Å²) in [5.41, 5.74) is -1.19. The SMILES string of the molecule is CC(C)(C)OC(=O)N1CCCC(C(C)(C)O)C1.[Br-].[CH3-].[Mg+2]. The third-order valence-corrected chi connectivity index (χ3v) is 3.07. The van der Waals surface area contributed by atoms with E-state index in [0.717, 1.165) is 19.4 Å². The van der Waals surface area contributed by atoms with E-state index in [1.165, 1.54) is 0 Å². The van der Waals surface area contributed by atoms with Gasteiger partial charge in [-0.2, -0.15) is 0 Å². The second-order valence-electron chi connectivity index (χ2n) is 6.42. The molecule has 1 fully saturated rings. The molecule has 1 aliphatic rings. The normalized spacial score (nSPS) is 19.1. The number of rotatable bonds is 1. The van der Waals surface area contributed by atoms with Crippen molar-refractivity contribution in [2.45, 2.75) is 58.7 Å². The molecule has 1 heterocycles. The number of piperidine rings is 1. The summed E-state index contributed by atoms with van der Waals surface area (Å²) in [5.74, 6) is 0.128. The average molecular weight is 363 g/mol. The van der Waals surface area contributed by atoms with Gasteiger partial charge in [0.2, 0.25) is 0 Å². The van der Waals surface area contributed by atoms with Gasteiger partial charge < -0.3 is 39.2 Å². The van der Waals surface area contributed by atoms with Gasteiger partial charge in [0.1, 0.15) is 5.60 Å². The summed E-state index contributed by atoms with van der Waals surface area (Å²) in [6.07, 6.45) is 1.61. The molecule has 1 amide bonds. The van der Waals surface area contributed by atoms with Gasteiger partial charge in [0.05, 0.1) is 5.60 Å². The number of hydrogen-bond donors (Lipinski definition) is 1. The zero-order valence-corrected chi connectivity index (χ0v) is 16.7. The predicted octanol–water partition coefficient (Wildman–Crippen LogP) is -0.522. The second kappa shape index (κ2) is 9.48. The number of aliphatic hydroxyl groups is 1. The Kier molecular flexibility index (Phi) is 12.1. The number of carbonyl (C=O) groups is 1. The Labute approximate surface area is 150 Å². The molecule has 1 saturated heterocycles. The summed E-state index contributed by atoms with van der Waals surface area (Å²) in [4.78, 5) is 13.6. The maximum atomic E-state index is 11.9. The molecule has 0 bridgehead atoms. The fraction of sp³-hybridized carbons (Fsp3) is 0.857. The summed E-state index contributed by atoms with van der Waals surface area (Å²) in [6.45, 7) is 10.5. The molecule has 0 saturated carbocycles. The van der Waals surface area contributed by atoms with Crippen LogP contribution in [0, 0.1) is 13.3 Å². The van der Waals surface area contributed by atoms with E-state index in [1.807, 2.05) is 20.8 Å². The maximum Gasteiger partial charge on any atom is 2.00 e. The van der Waals surface area contributed by atoms with Crippen LogP contribution in [0.2, 0.25) is 0 Å². The smallest absolute Gasteiger partial charge is 1.00 e. The molecule has 1 N–H and O–H groups in total. The van der Waals surface area contributed by atoms with Crippen LogP contribution in [0.3, 0.4) is 0 Å². The molecule has 4 nitrogen and oxygen atoms in total. The predicted molar refractivity (Wildman–Crippen MR) is 79.0 cm³/mol. The van der Waals surface area contributed by atoms with Gasteiger partial charge in [-0.3, -0.25) is 0 Å². The van der Waals surface area contributed by atoms with Crippen LogP contribution in [0.5, 0.6) is 0 Å². The molecule has 6 heteroatoms. The number of nitrogens with zero attached hydrogens (tertiary/aromatic N) is 1. The standard InChI is InChI=1S/C13H25NO3.CH3.BrH.Mg/c1-12(2,3)17-11(15)14-8-6-7-10(9-14)13(4,5)16;;;/h10,16H,6-9H2,1-5H3;1H3;1H;/q;-1;;+2/p-1. The minimum atomic E-state index is -0.735. The molecule has 0 aliphatic carbocycles. The minimum absolute atomic E-state index is 0. The van der Waals surface area contributed by atoms with Crippen molar-refractivity contribution in [3.63, 3.8) is 0 Å². The number of halogens is 1. The molecule has 0 radical (unpaired) electrons. The molecule has 0 aromatic heterocycles. The van der Waals surface area contributed by atoms with Crippen LogP contribution in [0.1, 0.15) is 47.5 Å². The fourth-order valence-corrected chi connectivity index (χ4v) is 2.05. The number of hydrogen-bond acceptors (Lipinski definition) is 3. The van der Waals surface area contributed by atoms with E-state index in [-0.39, 0.29) is 59.5 Å². The van der Waals surface area contributed by atoms with E-state index in [0.29, 0.717) is 6.54 Å². The Balaban J connectivity index is -0.000000963. The van der Waals surface area contributed by atoms with Crippen LogP contribution < -0.4 is 17.0 Å². The third-order valence-electron chi connectivity index (χ3n) is 3.07. The van der Waals surface area contributed by atoms with E-state index < -0.39 is 11.2 Å². The summed E-state index contributed by atoms with van der Waals surface area (Å²) in [5, 5.41) is 10.00. The molecular weight excluding hydrogens is 334 g/mol. The molecule has 0 aromatic rings. The molecular formula is C14H28BrMgNO3. The largest absolute Gasteiger partial charge is 2.00 e. The molecule has 1 atom stereocenters. The van der Waals surface area contributed by atoms with Crippen molar-refractivity contribution in [2.24, 2.45) is 5.92 Å². The van der Waals surface area contributed by atoms with E-state index >= 15 is 0 Å². The van der Waals surface area contributed by atoms with Gasteiger partial charge in [0.15, 0.2) is 0 Å². The molecule has 0 aromatic carbocycles. The first-order valence-corrected chi connectivity index (χ1v) is 6.30. The van der Waals surface area contributed by atoms with E-state index in [1.54, 1.807) is 18.7 Å². The maximum absolute atomic E-state index is 11.9. The molecule has 1 rings (SSSR count). The van der Waals surface area contributed by atoms with E-state index in [2.05, 4.69) is 0 Å².